The van der Waals surface area contributed by atoms with Gasteiger partial charge < -0.3 is 15.5 Å². The standard InChI is InChI=1S/C23H29ClFN5O2/c1-15-20(21(24)30(28-15)19-9-7-16(25)8-10-19)22(31)29-13-11-18(12-14-29)27-23(32)26-17-5-3-2-4-6-17/h7-10,17-18H,2-6,11-14H2,1H3,(H2,26,27,32). The largest absolute Gasteiger partial charge is 0.338 e. The molecule has 1 saturated carbocycles. The molecule has 0 unspecified atom stereocenters. The Morgan fingerprint density at radius 1 is 1.00 bits per heavy atom. The van der Waals surface area contributed by atoms with Crippen molar-refractivity contribution >= 4 is 23.5 Å². The van der Waals surface area contributed by atoms with E-state index >= 15 is 0 Å². The van der Waals surface area contributed by atoms with Crippen LogP contribution in [0.4, 0.5) is 9.18 Å². The number of carbonyl (C=O) groups is 2. The molecule has 32 heavy (non-hydrogen) atoms. The molecule has 7 nitrogen and oxygen atoms in total. The lowest BCUT2D eigenvalue weighted by Gasteiger charge is -2.33. The Labute approximate surface area is 192 Å². The van der Waals surface area contributed by atoms with E-state index in [4.69, 9.17) is 11.6 Å². The Morgan fingerprint density at radius 3 is 2.22 bits per heavy atom. The number of rotatable bonds is 4. The molecule has 1 aromatic heterocycles. The molecule has 2 heterocycles. The number of hydrogen-bond donors (Lipinski definition) is 2. The van der Waals surface area contributed by atoms with Crippen LogP contribution in [0.3, 0.4) is 0 Å². The second-order valence-corrected chi connectivity index (χ2v) is 9.02. The number of carbonyl (C=O) groups excluding carboxylic acids is 2. The fraction of sp³-hybridized carbons (Fsp3) is 0.522. The minimum absolute atomic E-state index is 0.0427. The summed E-state index contributed by atoms with van der Waals surface area (Å²) in [5.74, 6) is -0.528. The third-order valence-electron chi connectivity index (χ3n) is 6.35. The summed E-state index contributed by atoms with van der Waals surface area (Å²) in [5, 5.41) is 10.7. The molecule has 0 atom stereocenters. The van der Waals surface area contributed by atoms with Crippen LogP contribution in [0, 0.1) is 12.7 Å². The number of aromatic nitrogens is 2. The maximum absolute atomic E-state index is 13.2. The summed E-state index contributed by atoms with van der Waals surface area (Å²) in [7, 11) is 0. The predicted octanol–water partition coefficient (Wildman–Crippen LogP) is 4.21. The van der Waals surface area contributed by atoms with Crippen molar-refractivity contribution in [2.45, 2.75) is 64.0 Å². The molecule has 1 saturated heterocycles. The lowest BCUT2D eigenvalue weighted by Crippen LogP contribution is -2.51. The van der Waals surface area contributed by atoms with Crippen molar-refractivity contribution in [2.24, 2.45) is 0 Å². The smallest absolute Gasteiger partial charge is 0.315 e. The second-order valence-electron chi connectivity index (χ2n) is 8.66. The van der Waals surface area contributed by atoms with Gasteiger partial charge in [-0.3, -0.25) is 4.79 Å². The third kappa shape index (κ3) is 5.06. The fourth-order valence-corrected chi connectivity index (χ4v) is 4.89. The van der Waals surface area contributed by atoms with Gasteiger partial charge in [-0.2, -0.15) is 5.10 Å². The molecule has 3 amide bonds. The molecule has 2 aliphatic rings. The van der Waals surface area contributed by atoms with Crippen LogP contribution < -0.4 is 10.6 Å². The van der Waals surface area contributed by atoms with E-state index in [1.807, 2.05) is 0 Å². The summed E-state index contributed by atoms with van der Waals surface area (Å²) in [4.78, 5) is 27.2. The number of amides is 3. The molecule has 0 spiro atoms. The number of nitrogens with zero attached hydrogens (tertiary/aromatic N) is 3. The molecular weight excluding hydrogens is 433 g/mol. The Morgan fingerprint density at radius 2 is 1.59 bits per heavy atom. The molecule has 0 bridgehead atoms. The van der Waals surface area contributed by atoms with Gasteiger partial charge in [-0.25, -0.2) is 13.9 Å². The van der Waals surface area contributed by atoms with Crippen LogP contribution in [0.5, 0.6) is 0 Å². The summed E-state index contributed by atoms with van der Waals surface area (Å²) in [5.41, 5.74) is 1.47. The van der Waals surface area contributed by atoms with Gasteiger partial charge in [0.25, 0.3) is 5.91 Å². The lowest BCUT2D eigenvalue weighted by molar-refractivity contribution is 0.0707. The van der Waals surface area contributed by atoms with Crippen molar-refractivity contribution in [1.29, 1.82) is 0 Å². The van der Waals surface area contributed by atoms with Gasteiger partial charge >= 0.3 is 6.03 Å². The average molecular weight is 462 g/mol. The number of nitrogens with one attached hydrogen (secondary N) is 2. The Bertz CT molecular complexity index is 964. The first kappa shape index (κ1) is 22.6. The minimum atomic E-state index is -0.353. The SMILES string of the molecule is Cc1nn(-c2ccc(F)cc2)c(Cl)c1C(=O)N1CCC(NC(=O)NC2CCCCC2)CC1. The van der Waals surface area contributed by atoms with Crippen molar-refractivity contribution in [1.82, 2.24) is 25.3 Å². The lowest BCUT2D eigenvalue weighted by atomic mass is 9.96. The molecule has 2 aromatic rings. The molecule has 0 radical (unpaired) electrons. The maximum atomic E-state index is 13.2. The molecule has 1 aromatic carbocycles. The molecule has 172 valence electrons. The monoisotopic (exact) mass is 461 g/mol. The highest BCUT2D eigenvalue weighted by Gasteiger charge is 2.29. The molecule has 2 fully saturated rings. The van der Waals surface area contributed by atoms with Crippen LogP contribution in [0.25, 0.3) is 5.69 Å². The number of aryl methyl sites for hydroxylation is 1. The Hall–Kier alpha value is -2.61. The maximum Gasteiger partial charge on any atom is 0.315 e. The van der Waals surface area contributed by atoms with Crippen LogP contribution in [-0.4, -0.2) is 51.8 Å². The van der Waals surface area contributed by atoms with Crippen molar-refractivity contribution in [3.8, 4) is 5.69 Å². The predicted molar refractivity (Wildman–Crippen MR) is 121 cm³/mol. The summed E-state index contributed by atoms with van der Waals surface area (Å²) >= 11 is 6.50. The molecule has 2 N–H and O–H groups in total. The van der Waals surface area contributed by atoms with Gasteiger partial charge in [0, 0.05) is 25.2 Å². The van der Waals surface area contributed by atoms with E-state index in [9.17, 15) is 14.0 Å². The van der Waals surface area contributed by atoms with E-state index in [1.54, 1.807) is 24.0 Å². The highest BCUT2D eigenvalue weighted by Crippen LogP contribution is 2.26. The fourth-order valence-electron chi connectivity index (χ4n) is 4.54. The summed E-state index contributed by atoms with van der Waals surface area (Å²) < 4.78 is 14.7. The summed E-state index contributed by atoms with van der Waals surface area (Å²) in [6.07, 6.45) is 7.06. The van der Waals surface area contributed by atoms with Crippen LogP contribution in [0.1, 0.15) is 61.0 Å². The number of urea groups is 1. The number of halogens is 2. The van der Waals surface area contributed by atoms with Crippen LogP contribution in [-0.2, 0) is 0 Å². The van der Waals surface area contributed by atoms with E-state index in [-0.39, 0.29) is 35.0 Å². The quantitative estimate of drug-likeness (QED) is 0.715. The zero-order valence-electron chi connectivity index (χ0n) is 18.2. The third-order valence-corrected chi connectivity index (χ3v) is 6.70. The van der Waals surface area contributed by atoms with E-state index in [2.05, 4.69) is 15.7 Å². The number of piperidine rings is 1. The zero-order valence-corrected chi connectivity index (χ0v) is 19.0. The van der Waals surface area contributed by atoms with Gasteiger partial charge in [0.1, 0.15) is 11.0 Å². The van der Waals surface area contributed by atoms with E-state index < -0.39 is 0 Å². The first-order valence-corrected chi connectivity index (χ1v) is 11.7. The average Bonchev–Trinajstić information content (AvgIpc) is 3.09. The highest BCUT2D eigenvalue weighted by molar-refractivity contribution is 6.33. The van der Waals surface area contributed by atoms with Gasteiger partial charge in [0.15, 0.2) is 0 Å². The number of hydrogen-bond acceptors (Lipinski definition) is 3. The minimum Gasteiger partial charge on any atom is -0.338 e. The summed E-state index contributed by atoms with van der Waals surface area (Å²) in [6, 6.07) is 5.99. The second kappa shape index (κ2) is 9.90. The van der Waals surface area contributed by atoms with E-state index in [1.165, 1.54) is 36.1 Å². The van der Waals surface area contributed by atoms with Gasteiger partial charge in [-0.05, 0) is 56.9 Å². The molecule has 1 aliphatic carbocycles. The molecule has 4 rings (SSSR count). The van der Waals surface area contributed by atoms with Crippen LogP contribution >= 0.6 is 11.6 Å². The topological polar surface area (TPSA) is 79.3 Å². The van der Waals surface area contributed by atoms with Crippen molar-refractivity contribution < 1.29 is 14.0 Å². The molecule has 1 aliphatic heterocycles. The number of likely N-dealkylation sites (tertiary alicyclic amines) is 1. The van der Waals surface area contributed by atoms with Gasteiger partial charge in [-0.1, -0.05) is 30.9 Å². The van der Waals surface area contributed by atoms with Crippen molar-refractivity contribution in [2.75, 3.05) is 13.1 Å². The zero-order chi connectivity index (χ0) is 22.7. The van der Waals surface area contributed by atoms with Crippen molar-refractivity contribution in [3.63, 3.8) is 0 Å². The van der Waals surface area contributed by atoms with E-state index in [0.717, 1.165) is 12.8 Å². The Kier molecular flexibility index (Phi) is 6.98. The van der Waals surface area contributed by atoms with Gasteiger partial charge in [0.2, 0.25) is 0 Å². The van der Waals surface area contributed by atoms with Gasteiger partial charge in [-0.15, -0.1) is 0 Å². The normalized spacial score (nSPS) is 17.9. The van der Waals surface area contributed by atoms with Crippen molar-refractivity contribution in [3.05, 3.63) is 46.5 Å². The van der Waals surface area contributed by atoms with Crippen LogP contribution in [0.15, 0.2) is 24.3 Å². The number of benzene rings is 1. The highest BCUT2D eigenvalue weighted by atomic mass is 35.5. The molecular formula is C23H29ClFN5O2. The first-order valence-electron chi connectivity index (χ1n) is 11.3. The van der Waals surface area contributed by atoms with E-state index in [0.29, 0.717) is 42.9 Å². The first-order chi connectivity index (χ1) is 15.4. The Balaban J connectivity index is 1.34. The van der Waals surface area contributed by atoms with Gasteiger partial charge in [0.05, 0.1) is 16.9 Å². The molecule has 9 heteroatoms. The van der Waals surface area contributed by atoms with Crippen LogP contribution in [0.2, 0.25) is 5.15 Å². The summed E-state index contributed by atoms with van der Waals surface area (Å²) in [6.45, 7) is 2.80.